The summed E-state index contributed by atoms with van der Waals surface area (Å²) in [5.74, 6) is 1.49. The number of H-pyrrole nitrogens is 1. The number of piperidine rings is 1. The number of nitrogens with one attached hydrogen (secondary N) is 2. The highest BCUT2D eigenvalue weighted by Crippen LogP contribution is 2.38. The first-order valence-electron chi connectivity index (χ1n) is 10.1. The maximum absolute atomic E-state index is 5.87. The number of aromatic amines is 1. The monoisotopic (exact) mass is 374 g/mol. The number of anilines is 1. The lowest BCUT2D eigenvalue weighted by Gasteiger charge is -2.23. The summed E-state index contributed by atoms with van der Waals surface area (Å²) in [5, 5.41) is 9.54. The molecule has 3 heterocycles. The largest absolute Gasteiger partial charge is 0.380 e. The van der Waals surface area contributed by atoms with E-state index in [0.717, 1.165) is 35.3 Å². The van der Waals surface area contributed by atoms with Crippen molar-refractivity contribution in [3.8, 4) is 11.3 Å². The lowest BCUT2D eigenvalue weighted by atomic mass is 9.88. The summed E-state index contributed by atoms with van der Waals surface area (Å²) in [4.78, 5) is 3.66. The van der Waals surface area contributed by atoms with Crippen molar-refractivity contribution in [2.24, 2.45) is 0 Å². The molecule has 2 aromatic heterocycles. The van der Waals surface area contributed by atoms with Crippen LogP contribution in [-0.2, 0) is 0 Å². The highest BCUT2D eigenvalue weighted by Gasteiger charge is 2.20. The number of benzene rings is 2. The van der Waals surface area contributed by atoms with Crippen LogP contribution in [0.1, 0.15) is 49.7 Å². The summed E-state index contributed by atoms with van der Waals surface area (Å²) >= 11 is 0. The first-order chi connectivity index (χ1) is 13.6. The van der Waals surface area contributed by atoms with E-state index in [9.17, 15) is 0 Å². The highest BCUT2D eigenvalue weighted by atomic mass is 16.5. The molecular formula is C23H26N4O. The van der Waals surface area contributed by atoms with Gasteiger partial charge < -0.3 is 20.6 Å². The van der Waals surface area contributed by atoms with Crippen LogP contribution in [-0.4, -0.2) is 23.2 Å². The van der Waals surface area contributed by atoms with Crippen LogP contribution in [0.25, 0.3) is 33.1 Å². The molecule has 2 aromatic carbocycles. The Morgan fingerprint density at radius 1 is 1.07 bits per heavy atom. The molecule has 0 saturated carbocycles. The smallest absolute Gasteiger partial charge is 0.174 e. The second-order valence-corrected chi connectivity index (χ2v) is 8.18. The number of hydrogen-bond donors (Lipinski definition) is 3. The van der Waals surface area contributed by atoms with Gasteiger partial charge in [-0.15, -0.1) is 0 Å². The van der Waals surface area contributed by atoms with E-state index >= 15 is 0 Å². The minimum absolute atomic E-state index is 0.405. The van der Waals surface area contributed by atoms with E-state index in [1.165, 1.54) is 34.9 Å². The Kier molecular flexibility index (Phi) is 4.13. The van der Waals surface area contributed by atoms with E-state index in [2.05, 4.69) is 53.6 Å². The number of nitrogens with zero attached hydrogens (tertiary/aromatic N) is 1. The average Bonchev–Trinajstić information content (AvgIpc) is 3.28. The van der Waals surface area contributed by atoms with Crippen molar-refractivity contribution < 1.29 is 4.52 Å². The third kappa shape index (κ3) is 2.78. The van der Waals surface area contributed by atoms with E-state index in [1.54, 1.807) is 0 Å². The maximum atomic E-state index is 5.87. The van der Waals surface area contributed by atoms with Crippen LogP contribution in [0.5, 0.6) is 0 Å². The molecule has 0 atom stereocenters. The normalized spacial score (nSPS) is 15.8. The molecular weight excluding hydrogens is 348 g/mol. The van der Waals surface area contributed by atoms with Gasteiger partial charge in [-0.1, -0.05) is 31.1 Å². The first kappa shape index (κ1) is 17.3. The Balaban J connectivity index is 1.66. The number of nitrogens with two attached hydrogens (primary N) is 1. The molecule has 5 heteroatoms. The Bertz CT molecular complexity index is 1150. The van der Waals surface area contributed by atoms with Crippen molar-refractivity contribution in [3.63, 3.8) is 0 Å². The van der Waals surface area contributed by atoms with Crippen molar-refractivity contribution in [2.45, 2.75) is 38.5 Å². The van der Waals surface area contributed by atoms with Gasteiger partial charge in [-0.05, 0) is 73.2 Å². The van der Waals surface area contributed by atoms with Crippen LogP contribution in [0, 0.1) is 0 Å². The SMILES string of the molecule is CC(C)c1c(-c2ccc3c(N)noc3c2)[nH]c2ccc(C3CCNCC3)cc12. The highest BCUT2D eigenvalue weighted by molar-refractivity contribution is 5.95. The Labute approximate surface area is 164 Å². The molecule has 28 heavy (non-hydrogen) atoms. The fraction of sp³-hybridized carbons (Fsp3) is 0.348. The van der Waals surface area contributed by atoms with Crippen molar-refractivity contribution >= 4 is 27.7 Å². The number of hydrogen-bond acceptors (Lipinski definition) is 4. The zero-order valence-electron chi connectivity index (χ0n) is 16.4. The third-order valence-electron chi connectivity index (χ3n) is 6.04. The molecule has 144 valence electrons. The van der Waals surface area contributed by atoms with Gasteiger partial charge in [0, 0.05) is 16.5 Å². The molecule has 4 N–H and O–H groups in total. The van der Waals surface area contributed by atoms with E-state index in [0.29, 0.717) is 17.7 Å². The van der Waals surface area contributed by atoms with Gasteiger partial charge in [0.05, 0.1) is 11.1 Å². The van der Waals surface area contributed by atoms with Crippen LogP contribution in [0.3, 0.4) is 0 Å². The van der Waals surface area contributed by atoms with Crippen LogP contribution in [0.15, 0.2) is 40.9 Å². The van der Waals surface area contributed by atoms with E-state index in [4.69, 9.17) is 10.3 Å². The molecule has 4 aromatic rings. The zero-order valence-corrected chi connectivity index (χ0v) is 16.4. The molecule has 1 saturated heterocycles. The van der Waals surface area contributed by atoms with E-state index < -0.39 is 0 Å². The Morgan fingerprint density at radius 2 is 1.89 bits per heavy atom. The van der Waals surface area contributed by atoms with E-state index in [1.807, 2.05) is 12.1 Å². The van der Waals surface area contributed by atoms with Gasteiger partial charge >= 0.3 is 0 Å². The van der Waals surface area contributed by atoms with Gasteiger partial charge in [-0.3, -0.25) is 0 Å². The molecule has 0 aliphatic carbocycles. The second-order valence-electron chi connectivity index (χ2n) is 8.18. The zero-order chi connectivity index (χ0) is 19.3. The lowest BCUT2D eigenvalue weighted by Crippen LogP contribution is -2.26. The van der Waals surface area contributed by atoms with Gasteiger partial charge in [0.25, 0.3) is 0 Å². The van der Waals surface area contributed by atoms with Crippen LogP contribution < -0.4 is 11.1 Å². The molecule has 5 nitrogen and oxygen atoms in total. The van der Waals surface area contributed by atoms with E-state index in [-0.39, 0.29) is 0 Å². The van der Waals surface area contributed by atoms with Crippen LogP contribution >= 0.6 is 0 Å². The Morgan fingerprint density at radius 3 is 2.68 bits per heavy atom. The van der Waals surface area contributed by atoms with Crippen molar-refractivity contribution in [2.75, 3.05) is 18.8 Å². The molecule has 5 rings (SSSR count). The van der Waals surface area contributed by atoms with Crippen molar-refractivity contribution in [1.82, 2.24) is 15.5 Å². The predicted molar refractivity (Wildman–Crippen MR) is 115 cm³/mol. The topological polar surface area (TPSA) is 79.9 Å². The van der Waals surface area contributed by atoms with Gasteiger partial charge in [0.1, 0.15) is 0 Å². The summed E-state index contributed by atoms with van der Waals surface area (Å²) in [7, 11) is 0. The number of aromatic nitrogens is 2. The minimum Gasteiger partial charge on any atom is -0.380 e. The summed E-state index contributed by atoms with van der Waals surface area (Å²) in [6.45, 7) is 6.74. The molecule has 1 aliphatic heterocycles. The fourth-order valence-electron chi connectivity index (χ4n) is 4.58. The molecule has 0 radical (unpaired) electrons. The number of nitrogen functional groups attached to an aromatic ring is 1. The molecule has 1 aliphatic rings. The summed E-state index contributed by atoms with van der Waals surface area (Å²) < 4.78 is 5.39. The quantitative estimate of drug-likeness (QED) is 0.463. The van der Waals surface area contributed by atoms with Gasteiger partial charge in [-0.25, -0.2) is 0 Å². The van der Waals surface area contributed by atoms with Gasteiger partial charge in [0.15, 0.2) is 11.4 Å². The summed E-state index contributed by atoms with van der Waals surface area (Å²) in [6, 6.07) is 13.1. The van der Waals surface area contributed by atoms with Crippen LogP contribution in [0.2, 0.25) is 0 Å². The van der Waals surface area contributed by atoms with Gasteiger partial charge in [-0.2, -0.15) is 0 Å². The predicted octanol–water partition coefficient (Wildman–Crippen LogP) is 5.15. The first-order valence-corrected chi connectivity index (χ1v) is 10.1. The lowest BCUT2D eigenvalue weighted by molar-refractivity contribution is 0.460. The van der Waals surface area contributed by atoms with Gasteiger partial charge in [0.2, 0.25) is 0 Å². The summed E-state index contributed by atoms with van der Waals surface area (Å²) in [5.41, 5.74) is 12.9. The summed E-state index contributed by atoms with van der Waals surface area (Å²) in [6.07, 6.45) is 2.42. The maximum Gasteiger partial charge on any atom is 0.174 e. The second kappa shape index (κ2) is 6.67. The third-order valence-corrected chi connectivity index (χ3v) is 6.04. The Hall–Kier alpha value is -2.79. The van der Waals surface area contributed by atoms with Crippen molar-refractivity contribution in [1.29, 1.82) is 0 Å². The molecule has 0 unspecified atom stereocenters. The standard InChI is InChI=1S/C23H26N4O/c1-13(2)21-18-11-15(14-7-9-25-10-8-14)4-6-19(18)26-22(21)16-3-5-17-20(12-16)28-27-23(17)24/h3-6,11-14,25-26H,7-10H2,1-2H3,(H2,24,27). The molecule has 0 bridgehead atoms. The minimum atomic E-state index is 0.405. The fourth-order valence-corrected chi connectivity index (χ4v) is 4.58. The molecule has 1 fully saturated rings. The number of fused-ring (bicyclic) bond motifs is 2. The average molecular weight is 374 g/mol. The molecule has 0 spiro atoms. The van der Waals surface area contributed by atoms with Crippen LogP contribution in [0.4, 0.5) is 5.82 Å². The molecule has 0 amide bonds. The van der Waals surface area contributed by atoms with Crippen molar-refractivity contribution in [3.05, 3.63) is 47.5 Å². The number of rotatable bonds is 3.